The van der Waals surface area contributed by atoms with Crippen LogP contribution in [-0.2, 0) is 7.05 Å². The van der Waals surface area contributed by atoms with Gasteiger partial charge in [0, 0.05) is 25.6 Å². The largest absolute Gasteiger partial charge is 0.424 e. The van der Waals surface area contributed by atoms with Gasteiger partial charge >= 0.3 is 6.01 Å². The Kier molecular flexibility index (Phi) is 1.96. The summed E-state index contributed by atoms with van der Waals surface area (Å²) >= 11 is 0. The fraction of sp³-hybridized carbons (Fsp3) is 0.111. The van der Waals surface area contributed by atoms with Crippen molar-refractivity contribution in [2.75, 3.05) is 0 Å². The van der Waals surface area contributed by atoms with Crippen LogP contribution in [0.1, 0.15) is 0 Å². The SMILES string of the molecule is Cn1ccnc1Oc1cccnc1. The van der Waals surface area contributed by atoms with E-state index in [-0.39, 0.29) is 0 Å². The third-order valence-electron chi connectivity index (χ3n) is 1.62. The molecule has 0 atom stereocenters. The fourth-order valence-corrected chi connectivity index (χ4v) is 0.963. The average Bonchev–Trinajstić information content (AvgIpc) is 2.54. The Balaban J connectivity index is 2.20. The number of aromatic nitrogens is 3. The van der Waals surface area contributed by atoms with Gasteiger partial charge in [-0.3, -0.25) is 4.98 Å². The molecule has 66 valence electrons. The number of rotatable bonds is 2. The minimum atomic E-state index is 0.563. The molecular weight excluding hydrogens is 166 g/mol. The van der Waals surface area contributed by atoms with Crippen LogP contribution in [0, 0.1) is 0 Å². The van der Waals surface area contributed by atoms with Crippen molar-refractivity contribution in [3.63, 3.8) is 0 Å². The minimum absolute atomic E-state index is 0.563. The lowest BCUT2D eigenvalue weighted by Crippen LogP contribution is -1.93. The first-order valence-corrected chi connectivity index (χ1v) is 3.91. The molecule has 0 aromatic carbocycles. The summed E-state index contributed by atoms with van der Waals surface area (Å²) in [4.78, 5) is 7.96. The van der Waals surface area contributed by atoms with Crippen molar-refractivity contribution in [1.82, 2.24) is 14.5 Å². The molecule has 0 aliphatic rings. The maximum Gasteiger partial charge on any atom is 0.301 e. The summed E-state index contributed by atoms with van der Waals surface area (Å²) in [6.07, 6.45) is 6.86. The molecule has 0 saturated heterocycles. The molecule has 0 aliphatic carbocycles. The molecule has 0 fully saturated rings. The lowest BCUT2D eigenvalue weighted by molar-refractivity contribution is 0.423. The molecule has 4 heteroatoms. The Morgan fingerprint density at radius 3 is 2.92 bits per heavy atom. The van der Waals surface area contributed by atoms with Gasteiger partial charge in [0.2, 0.25) is 0 Å². The summed E-state index contributed by atoms with van der Waals surface area (Å²) in [5.74, 6) is 0.691. The number of pyridine rings is 1. The minimum Gasteiger partial charge on any atom is -0.424 e. The molecular formula is C9H9N3O. The van der Waals surface area contributed by atoms with Crippen LogP contribution in [0.3, 0.4) is 0 Å². The summed E-state index contributed by atoms with van der Waals surface area (Å²) in [6, 6.07) is 4.22. The summed E-state index contributed by atoms with van der Waals surface area (Å²) in [6.45, 7) is 0. The van der Waals surface area contributed by atoms with E-state index in [4.69, 9.17) is 4.74 Å². The first-order chi connectivity index (χ1) is 6.36. The second-order valence-corrected chi connectivity index (χ2v) is 2.61. The summed E-state index contributed by atoms with van der Waals surface area (Å²) in [5, 5.41) is 0. The van der Waals surface area contributed by atoms with E-state index in [1.54, 1.807) is 23.2 Å². The highest BCUT2D eigenvalue weighted by atomic mass is 16.5. The Morgan fingerprint density at radius 2 is 2.31 bits per heavy atom. The van der Waals surface area contributed by atoms with Gasteiger partial charge in [0.05, 0.1) is 6.20 Å². The Morgan fingerprint density at radius 1 is 1.38 bits per heavy atom. The summed E-state index contributed by atoms with van der Waals surface area (Å²) in [7, 11) is 1.87. The van der Waals surface area contributed by atoms with Crippen LogP contribution in [0.2, 0.25) is 0 Å². The molecule has 2 rings (SSSR count). The van der Waals surface area contributed by atoms with Gasteiger partial charge in [0.15, 0.2) is 0 Å². The van der Waals surface area contributed by atoms with Gasteiger partial charge in [-0.15, -0.1) is 0 Å². The maximum absolute atomic E-state index is 5.44. The van der Waals surface area contributed by atoms with Crippen molar-refractivity contribution < 1.29 is 4.74 Å². The quantitative estimate of drug-likeness (QED) is 0.696. The molecule has 2 aromatic heterocycles. The lowest BCUT2D eigenvalue weighted by atomic mass is 10.5. The number of imidazole rings is 1. The van der Waals surface area contributed by atoms with Crippen molar-refractivity contribution >= 4 is 0 Å². The zero-order chi connectivity index (χ0) is 9.10. The first-order valence-electron chi connectivity index (χ1n) is 3.91. The smallest absolute Gasteiger partial charge is 0.301 e. The Hall–Kier alpha value is -1.84. The van der Waals surface area contributed by atoms with E-state index in [0.717, 1.165) is 0 Å². The Bertz CT molecular complexity index is 383. The van der Waals surface area contributed by atoms with Crippen LogP contribution in [0.5, 0.6) is 11.8 Å². The maximum atomic E-state index is 5.44. The highest BCUT2D eigenvalue weighted by molar-refractivity contribution is 5.19. The zero-order valence-electron chi connectivity index (χ0n) is 7.21. The normalized spacial score (nSPS) is 9.92. The van der Waals surface area contributed by atoms with E-state index in [0.29, 0.717) is 11.8 Å². The molecule has 0 amide bonds. The number of nitrogens with zero attached hydrogens (tertiary/aromatic N) is 3. The van der Waals surface area contributed by atoms with E-state index in [1.807, 2.05) is 25.4 Å². The molecule has 0 bridgehead atoms. The number of aryl methyl sites for hydroxylation is 1. The molecule has 2 heterocycles. The molecule has 2 aromatic rings. The topological polar surface area (TPSA) is 39.9 Å². The molecule has 0 unspecified atom stereocenters. The monoisotopic (exact) mass is 175 g/mol. The number of hydrogen-bond donors (Lipinski definition) is 0. The zero-order valence-corrected chi connectivity index (χ0v) is 7.21. The van der Waals surface area contributed by atoms with Crippen molar-refractivity contribution in [1.29, 1.82) is 0 Å². The molecule has 0 aliphatic heterocycles. The third-order valence-corrected chi connectivity index (χ3v) is 1.62. The van der Waals surface area contributed by atoms with Gasteiger partial charge in [0.25, 0.3) is 0 Å². The van der Waals surface area contributed by atoms with Gasteiger partial charge < -0.3 is 9.30 Å². The fourth-order valence-electron chi connectivity index (χ4n) is 0.963. The molecule has 0 N–H and O–H groups in total. The molecule has 13 heavy (non-hydrogen) atoms. The predicted molar refractivity (Wildman–Crippen MR) is 47.5 cm³/mol. The van der Waals surface area contributed by atoms with E-state index < -0.39 is 0 Å². The Labute approximate surface area is 75.8 Å². The summed E-state index contributed by atoms with van der Waals surface area (Å²) in [5.41, 5.74) is 0. The number of ether oxygens (including phenoxy) is 1. The second kappa shape index (κ2) is 3.26. The van der Waals surface area contributed by atoms with Crippen LogP contribution in [0.25, 0.3) is 0 Å². The van der Waals surface area contributed by atoms with E-state index >= 15 is 0 Å². The lowest BCUT2D eigenvalue weighted by Gasteiger charge is -2.02. The van der Waals surface area contributed by atoms with Crippen molar-refractivity contribution in [3.05, 3.63) is 36.9 Å². The predicted octanol–water partition coefficient (Wildman–Crippen LogP) is 1.61. The van der Waals surface area contributed by atoms with Crippen LogP contribution < -0.4 is 4.74 Å². The number of hydrogen-bond acceptors (Lipinski definition) is 3. The van der Waals surface area contributed by atoms with Gasteiger partial charge in [-0.05, 0) is 12.1 Å². The molecule has 0 radical (unpaired) electrons. The first kappa shape index (κ1) is 7.79. The standard InChI is InChI=1S/C9H9N3O/c1-12-6-5-11-9(12)13-8-3-2-4-10-7-8/h2-7H,1H3. The van der Waals surface area contributed by atoms with Gasteiger partial charge in [-0.2, -0.15) is 0 Å². The van der Waals surface area contributed by atoms with E-state index in [1.165, 1.54) is 0 Å². The van der Waals surface area contributed by atoms with E-state index in [9.17, 15) is 0 Å². The van der Waals surface area contributed by atoms with Crippen molar-refractivity contribution in [2.24, 2.45) is 7.05 Å². The second-order valence-electron chi connectivity index (χ2n) is 2.61. The van der Waals surface area contributed by atoms with E-state index in [2.05, 4.69) is 9.97 Å². The summed E-state index contributed by atoms with van der Waals surface area (Å²) < 4.78 is 7.24. The van der Waals surface area contributed by atoms with Gasteiger partial charge in [-0.1, -0.05) is 0 Å². The third kappa shape index (κ3) is 1.66. The van der Waals surface area contributed by atoms with Crippen molar-refractivity contribution in [2.45, 2.75) is 0 Å². The van der Waals surface area contributed by atoms with Crippen LogP contribution in [-0.4, -0.2) is 14.5 Å². The molecule has 4 nitrogen and oxygen atoms in total. The highest BCUT2D eigenvalue weighted by Gasteiger charge is 2.00. The van der Waals surface area contributed by atoms with Crippen LogP contribution in [0.4, 0.5) is 0 Å². The average molecular weight is 175 g/mol. The van der Waals surface area contributed by atoms with Crippen LogP contribution in [0.15, 0.2) is 36.9 Å². The highest BCUT2D eigenvalue weighted by Crippen LogP contribution is 2.16. The van der Waals surface area contributed by atoms with Gasteiger partial charge in [0.1, 0.15) is 5.75 Å². The molecule has 0 spiro atoms. The van der Waals surface area contributed by atoms with Crippen molar-refractivity contribution in [3.8, 4) is 11.8 Å². The van der Waals surface area contributed by atoms with Gasteiger partial charge in [-0.25, -0.2) is 4.98 Å². The van der Waals surface area contributed by atoms with Crippen LogP contribution >= 0.6 is 0 Å². The molecule has 0 saturated carbocycles.